The van der Waals surface area contributed by atoms with Crippen molar-refractivity contribution < 1.29 is 8.42 Å². The highest BCUT2D eigenvalue weighted by Gasteiger charge is 2.29. The minimum absolute atomic E-state index is 0. The van der Waals surface area contributed by atoms with Crippen LogP contribution >= 0.6 is 12.4 Å². The minimum atomic E-state index is -3.09. The molecular weight excluding hydrogens is 346 g/mol. The highest BCUT2D eigenvalue weighted by Crippen LogP contribution is 2.28. The van der Waals surface area contributed by atoms with E-state index in [2.05, 4.69) is 28.4 Å². The number of hydrogen-bond donors (Lipinski definition) is 1. The molecule has 0 spiro atoms. The summed E-state index contributed by atoms with van der Waals surface area (Å²) >= 11 is 0. The van der Waals surface area contributed by atoms with E-state index in [0.29, 0.717) is 6.54 Å². The van der Waals surface area contributed by atoms with Crippen molar-refractivity contribution in [2.45, 2.75) is 38.8 Å². The number of benzene rings is 1. The van der Waals surface area contributed by atoms with Crippen LogP contribution in [0.15, 0.2) is 18.2 Å². The maximum Gasteiger partial charge on any atom is 0.211 e. The zero-order chi connectivity index (χ0) is 16.4. The Morgan fingerprint density at radius 2 is 2.00 bits per heavy atom. The third-order valence-electron chi connectivity index (χ3n) is 5.03. The Labute approximate surface area is 151 Å². The highest BCUT2D eigenvalue weighted by molar-refractivity contribution is 7.88. The lowest BCUT2D eigenvalue weighted by molar-refractivity contribution is 0.156. The Hall–Kier alpha value is -0.820. The standard InChI is InChI=1S/C17H27N3O2S.ClH/c1-3-20(23(2,21)22)16-8-11-19(12-9-16)13-15-6-4-5-14-7-10-18-17(14)15;/h4-6,16,18H,3,7-13H2,1-2H3;1H. The number of halogens is 1. The SMILES string of the molecule is CCN(C1CCN(Cc2cccc3c2NCC3)CC1)S(C)(=O)=O.Cl. The number of likely N-dealkylation sites (tertiary alicyclic amines) is 1. The summed E-state index contributed by atoms with van der Waals surface area (Å²) in [5.74, 6) is 0. The van der Waals surface area contributed by atoms with Crippen molar-refractivity contribution in [3.63, 3.8) is 0 Å². The second-order valence-corrected chi connectivity index (χ2v) is 8.54. The van der Waals surface area contributed by atoms with Crippen LogP contribution in [0.2, 0.25) is 0 Å². The van der Waals surface area contributed by atoms with Gasteiger partial charge in [0.2, 0.25) is 10.0 Å². The van der Waals surface area contributed by atoms with E-state index in [-0.39, 0.29) is 18.4 Å². The summed E-state index contributed by atoms with van der Waals surface area (Å²) in [6.07, 6.45) is 4.28. The van der Waals surface area contributed by atoms with Gasteiger partial charge in [-0.2, -0.15) is 4.31 Å². The maximum absolute atomic E-state index is 11.9. The second kappa shape index (κ2) is 8.04. The summed E-state index contributed by atoms with van der Waals surface area (Å²) < 4.78 is 25.4. The van der Waals surface area contributed by atoms with Crippen LogP contribution in [0, 0.1) is 0 Å². The van der Waals surface area contributed by atoms with Crippen LogP contribution in [0.4, 0.5) is 5.69 Å². The van der Waals surface area contributed by atoms with Gasteiger partial charge in [0.05, 0.1) is 6.26 Å². The van der Waals surface area contributed by atoms with Crippen molar-refractivity contribution in [3.05, 3.63) is 29.3 Å². The highest BCUT2D eigenvalue weighted by atomic mass is 35.5. The van der Waals surface area contributed by atoms with E-state index in [0.717, 1.165) is 45.4 Å². The molecule has 0 bridgehead atoms. The number of nitrogens with zero attached hydrogens (tertiary/aromatic N) is 2. The molecule has 1 fully saturated rings. The molecule has 0 saturated carbocycles. The largest absolute Gasteiger partial charge is 0.384 e. The smallest absolute Gasteiger partial charge is 0.211 e. The molecule has 0 aliphatic carbocycles. The van der Waals surface area contributed by atoms with Gasteiger partial charge in [-0.3, -0.25) is 4.90 Å². The minimum Gasteiger partial charge on any atom is -0.384 e. The summed E-state index contributed by atoms with van der Waals surface area (Å²) in [4.78, 5) is 2.45. The van der Waals surface area contributed by atoms with E-state index < -0.39 is 10.0 Å². The number of piperidine rings is 1. The maximum atomic E-state index is 11.9. The first kappa shape index (κ1) is 19.5. The molecule has 0 aromatic heterocycles. The lowest BCUT2D eigenvalue weighted by Crippen LogP contribution is -2.46. The number of nitrogens with one attached hydrogen (secondary N) is 1. The van der Waals surface area contributed by atoms with Crippen molar-refractivity contribution in [3.8, 4) is 0 Å². The fraction of sp³-hybridized carbons (Fsp3) is 0.647. The van der Waals surface area contributed by atoms with E-state index >= 15 is 0 Å². The Bertz CT molecular complexity index is 658. The molecule has 2 heterocycles. The van der Waals surface area contributed by atoms with Crippen molar-refractivity contribution in [1.29, 1.82) is 0 Å². The molecule has 2 aliphatic heterocycles. The first-order chi connectivity index (χ1) is 11.0. The van der Waals surface area contributed by atoms with Crippen molar-refractivity contribution in [2.24, 2.45) is 0 Å². The topological polar surface area (TPSA) is 52.6 Å². The molecule has 136 valence electrons. The Balaban J connectivity index is 0.00000208. The van der Waals surface area contributed by atoms with Gasteiger partial charge in [0.25, 0.3) is 0 Å². The Morgan fingerprint density at radius 1 is 1.29 bits per heavy atom. The van der Waals surface area contributed by atoms with Crippen LogP contribution in [-0.2, 0) is 23.0 Å². The zero-order valence-corrected chi connectivity index (χ0v) is 16.1. The quantitative estimate of drug-likeness (QED) is 0.860. The average molecular weight is 374 g/mol. The summed E-state index contributed by atoms with van der Waals surface area (Å²) in [7, 11) is -3.09. The number of anilines is 1. The van der Waals surface area contributed by atoms with Gasteiger partial charge >= 0.3 is 0 Å². The fourth-order valence-corrected chi connectivity index (χ4v) is 5.13. The molecule has 7 heteroatoms. The van der Waals surface area contributed by atoms with Crippen LogP contribution in [0.1, 0.15) is 30.9 Å². The van der Waals surface area contributed by atoms with Gasteiger partial charge in [0.1, 0.15) is 0 Å². The van der Waals surface area contributed by atoms with Gasteiger partial charge in [-0.05, 0) is 30.4 Å². The number of rotatable bonds is 5. The van der Waals surface area contributed by atoms with Gasteiger partial charge in [-0.1, -0.05) is 25.1 Å². The Morgan fingerprint density at radius 3 is 2.62 bits per heavy atom. The molecule has 1 aromatic carbocycles. The Kier molecular flexibility index (Phi) is 6.53. The molecule has 0 radical (unpaired) electrons. The van der Waals surface area contributed by atoms with Gasteiger partial charge < -0.3 is 5.32 Å². The van der Waals surface area contributed by atoms with E-state index in [1.807, 2.05) is 6.92 Å². The number of para-hydroxylation sites is 1. The van der Waals surface area contributed by atoms with Crippen molar-refractivity contribution >= 4 is 28.1 Å². The number of fused-ring (bicyclic) bond motifs is 1. The summed E-state index contributed by atoms with van der Waals surface area (Å²) in [5, 5.41) is 3.50. The van der Waals surface area contributed by atoms with E-state index in [1.54, 1.807) is 4.31 Å². The molecule has 1 N–H and O–H groups in total. The van der Waals surface area contributed by atoms with Crippen molar-refractivity contribution in [1.82, 2.24) is 9.21 Å². The first-order valence-electron chi connectivity index (χ1n) is 8.53. The van der Waals surface area contributed by atoms with Crippen molar-refractivity contribution in [2.75, 3.05) is 37.8 Å². The van der Waals surface area contributed by atoms with E-state index in [1.165, 1.54) is 23.1 Å². The van der Waals surface area contributed by atoms with Crippen LogP contribution in [0.5, 0.6) is 0 Å². The molecule has 3 rings (SSSR count). The fourth-order valence-electron chi connectivity index (χ4n) is 3.91. The monoisotopic (exact) mass is 373 g/mol. The molecule has 1 aromatic rings. The molecule has 0 amide bonds. The molecule has 0 atom stereocenters. The third kappa shape index (κ3) is 4.23. The molecule has 5 nitrogen and oxygen atoms in total. The van der Waals surface area contributed by atoms with Gasteiger partial charge in [0, 0.05) is 44.5 Å². The second-order valence-electron chi connectivity index (χ2n) is 6.60. The number of sulfonamides is 1. The predicted octanol–water partition coefficient (Wildman–Crippen LogP) is 2.32. The third-order valence-corrected chi connectivity index (χ3v) is 6.44. The lowest BCUT2D eigenvalue weighted by Gasteiger charge is -2.37. The predicted molar refractivity (Wildman–Crippen MR) is 101 cm³/mol. The van der Waals surface area contributed by atoms with E-state index in [4.69, 9.17) is 0 Å². The molecule has 1 saturated heterocycles. The summed E-state index contributed by atoms with van der Waals surface area (Å²) in [5.41, 5.74) is 4.11. The summed E-state index contributed by atoms with van der Waals surface area (Å²) in [6, 6.07) is 6.72. The van der Waals surface area contributed by atoms with Crippen LogP contribution in [0.3, 0.4) is 0 Å². The zero-order valence-electron chi connectivity index (χ0n) is 14.5. The molecule has 24 heavy (non-hydrogen) atoms. The van der Waals surface area contributed by atoms with E-state index in [9.17, 15) is 8.42 Å². The average Bonchev–Trinajstić information content (AvgIpc) is 2.98. The summed E-state index contributed by atoms with van der Waals surface area (Å²) in [6.45, 7) is 6.40. The molecule has 0 unspecified atom stereocenters. The number of hydrogen-bond acceptors (Lipinski definition) is 4. The van der Waals surface area contributed by atoms with Gasteiger partial charge in [-0.15, -0.1) is 12.4 Å². The van der Waals surface area contributed by atoms with Gasteiger partial charge in [-0.25, -0.2) is 8.42 Å². The van der Waals surface area contributed by atoms with Gasteiger partial charge in [0.15, 0.2) is 0 Å². The lowest BCUT2D eigenvalue weighted by atomic mass is 10.0. The van der Waals surface area contributed by atoms with Crippen LogP contribution in [-0.4, -0.2) is 56.1 Å². The van der Waals surface area contributed by atoms with Crippen LogP contribution in [0.25, 0.3) is 0 Å². The normalized spacial score (nSPS) is 19.0. The van der Waals surface area contributed by atoms with Crippen LogP contribution < -0.4 is 5.32 Å². The molecule has 2 aliphatic rings. The molecular formula is C17H28ClN3O2S. The first-order valence-corrected chi connectivity index (χ1v) is 10.4.